The smallest absolute Gasteiger partial charge is 0.337 e. The molecule has 0 amide bonds. The van der Waals surface area contributed by atoms with Crippen molar-refractivity contribution in [3.8, 4) is 0 Å². The van der Waals surface area contributed by atoms with Crippen molar-refractivity contribution in [2.75, 3.05) is 17.7 Å². The minimum atomic E-state index is -0.438. The van der Waals surface area contributed by atoms with Gasteiger partial charge in [-0.2, -0.15) is 0 Å². The molecule has 0 saturated heterocycles. The molecule has 3 aromatic rings. The molecule has 138 valence electrons. The van der Waals surface area contributed by atoms with Crippen molar-refractivity contribution < 1.29 is 9.53 Å². The number of benzene rings is 1. The molecule has 0 aliphatic rings. The lowest BCUT2D eigenvalue weighted by Gasteiger charge is -2.12. The molecule has 8 heteroatoms. The zero-order valence-electron chi connectivity index (χ0n) is 14.9. The molecular weight excluding hydrogens is 366 g/mol. The Morgan fingerprint density at radius 1 is 1.19 bits per heavy atom. The van der Waals surface area contributed by atoms with Gasteiger partial charge in [0.05, 0.1) is 23.4 Å². The standard InChI is InChI=1S/C19H18ClN5O2/c1-12-23-17(22-11-13-4-3-7-21-10-13)9-18(24-12)25-16-8-14(19(26)27-2)5-6-15(16)20/h3-10H,11H2,1-2H3,(H2,22,23,24,25). The number of carbonyl (C=O) groups is 1. The van der Waals surface area contributed by atoms with Gasteiger partial charge in [-0.3, -0.25) is 4.98 Å². The molecule has 0 atom stereocenters. The Hall–Kier alpha value is -3.19. The van der Waals surface area contributed by atoms with Gasteiger partial charge in [0.15, 0.2) is 0 Å². The lowest BCUT2D eigenvalue weighted by atomic mass is 10.2. The van der Waals surface area contributed by atoms with Crippen molar-refractivity contribution in [3.63, 3.8) is 0 Å². The Bertz CT molecular complexity index is 950. The summed E-state index contributed by atoms with van der Waals surface area (Å²) in [5.74, 6) is 1.37. The SMILES string of the molecule is COC(=O)c1ccc(Cl)c(Nc2cc(NCc3cccnc3)nc(C)n2)c1. The Labute approximate surface area is 161 Å². The topological polar surface area (TPSA) is 89.0 Å². The van der Waals surface area contributed by atoms with Crippen molar-refractivity contribution in [2.45, 2.75) is 13.5 Å². The Morgan fingerprint density at radius 3 is 2.74 bits per heavy atom. The fourth-order valence-corrected chi connectivity index (χ4v) is 2.59. The zero-order valence-corrected chi connectivity index (χ0v) is 15.6. The monoisotopic (exact) mass is 383 g/mol. The number of halogens is 1. The molecule has 0 aliphatic carbocycles. The van der Waals surface area contributed by atoms with Crippen molar-refractivity contribution in [3.05, 3.63) is 70.8 Å². The number of nitrogens with zero attached hydrogens (tertiary/aromatic N) is 3. The summed E-state index contributed by atoms with van der Waals surface area (Å²) >= 11 is 6.23. The van der Waals surface area contributed by atoms with E-state index >= 15 is 0 Å². The fourth-order valence-electron chi connectivity index (χ4n) is 2.42. The average Bonchev–Trinajstić information content (AvgIpc) is 2.68. The molecule has 0 aliphatic heterocycles. The number of hydrogen-bond donors (Lipinski definition) is 2. The molecule has 7 nitrogen and oxygen atoms in total. The highest BCUT2D eigenvalue weighted by atomic mass is 35.5. The van der Waals surface area contributed by atoms with Gasteiger partial charge in [0.25, 0.3) is 0 Å². The molecule has 0 radical (unpaired) electrons. The number of nitrogens with one attached hydrogen (secondary N) is 2. The summed E-state index contributed by atoms with van der Waals surface area (Å²) in [6.45, 7) is 2.38. The normalized spacial score (nSPS) is 10.3. The minimum Gasteiger partial charge on any atom is -0.465 e. The van der Waals surface area contributed by atoms with Crippen LogP contribution in [0.4, 0.5) is 17.3 Å². The maximum atomic E-state index is 11.7. The lowest BCUT2D eigenvalue weighted by molar-refractivity contribution is 0.0601. The molecule has 0 fully saturated rings. The van der Waals surface area contributed by atoms with E-state index in [4.69, 9.17) is 16.3 Å². The molecular formula is C19H18ClN5O2. The second kappa shape index (κ2) is 8.46. The maximum Gasteiger partial charge on any atom is 0.337 e. The van der Waals surface area contributed by atoms with Gasteiger partial charge in [-0.25, -0.2) is 14.8 Å². The molecule has 3 rings (SSSR count). The maximum absolute atomic E-state index is 11.7. The van der Waals surface area contributed by atoms with Crippen molar-refractivity contribution in [1.29, 1.82) is 0 Å². The predicted octanol–water partition coefficient (Wildman–Crippen LogP) is 3.98. The van der Waals surface area contributed by atoms with Crippen molar-refractivity contribution >= 4 is 34.9 Å². The Morgan fingerprint density at radius 2 is 2.00 bits per heavy atom. The van der Waals surface area contributed by atoms with E-state index in [1.807, 2.05) is 12.1 Å². The van der Waals surface area contributed by atoms with Crippen LogP contribution in [0, 0.1) is 6.92 Å². The molecule has 0 spiro atoms. The van der Waals surface area contributed by atoms with Crippen LogP contribution in [0.5, 0.6) is 0 Å². The highest BCUT2D eigenvalue weighted by Gasteiger charge is 2.10. The van der Waals surface area contributed by atoms with Crippen LogP contribution >= 0.6 is 11.6 Å². The first-order valence-corrected chi connectivity index (χ1v) is 8.56. The van der Waals surface area contributed by atoms with Gasteiger partial charge < -0.3 is 15.4 Å². The van der Waals surface area contributed by atoms with E-state index in [0.717, 1.165) is 5.56 Å². The molecule has 2 heterocycles. The number of carbonyl (C=O) groups excluding carboxylic acids is 1. The van der Waals surface area contributed by atoms with E-state index in [2.05, 4.69) is 25.6 Å². The number of aromatic nitrogens is 3. The van der Waals surface area contributed by atoms with Crippen molar-refractivity contribution in [2.24, 2.45) is 0 Å². The highest BCUT2D eigenvalue weighted by molar-refractivity contribution is 6.33. The number of methoxy groups -OCH3 is 1. The Kier molecular flexibility index (Phi) is 5.83. The van der Waals surface area contributed by atoms with Gasteiger partial charge in [0.1, 0.15) is 17.5 Å². The molecule has 0 saturated carbocycles. The zero-order chi connectivity index (χ0) is 19.2. The van der Waals surface area contributed by atoms with Gasteiger partial charge in [-0.1, -0.05) is 17.7 Å². The molecule has 27 heavy (non-hydrogen) atoms. The largest absolute Gasteiger partial charge is 0.465 e. The van der Waals surface area contributed by atoms with E-state index in [1.54, 1.807) is 43.6 Å². The molecule has 1 aromatic carbocycles. The second-order valence-corrected chi connectivity index (χ2v) is 6.12. The third-order valence-corrected chi connectivity index (χ3v) is 4.01. The third-order valence-electron chi connectivity index (χ3n) is 3.68. The molecule has 0 bridgehead atoms. The van der Waals surface area contributed by atoms with Crippen LogP contribution in [0.25, 0.3) is 0 Å². The van der Waals surface area contributed by atoms with Crippen LogP contribution in [0.1, 0.15) is 21.7 Å². The first kappa shape index (κ1) is 18.6. The summed E-state index contributed by atoms with van der Waals surface area (Å²) in [5.41, 5.74) is 1.98. The molecule has 2 aromatic heterocycles. The lowest BCUT2D eigenvalue weighted by Crippen LogP contribution is -2.06. The van der Waals surface area contributed by atoms with E-state index in [1.165, 1.54) is 7.11 Å². The summed E-state index contributed by atoms with van der Waals surface area (Å²) in [4.78, 5) is 24.6. The number of rotatable bonds is 6. The van der Waals surface area contributed by atoms with Gasteiger partial charge in [0, 0.05) is 25.0 Å². The first-order chi connectivity index (χ1) is 13.0. The second-order valence-electron chi connectivity index (χ2n) is 5.71. The summed E-state index contributed by atoms with van der Waals surface area (Å²) in [6, 6.07) is 10.5. The number of hydrogen-bond acceptors (Lipinski definition) is 7. The summed E-state index contributed by atoms with van der Waals surface area (Å²) in [6.07, 6.45) is 3.52. The Balaban J connectivity index is 1.79. The van der Waals surface area contributed by atoms with Crippen molar-refractivity contribution in [1.82, 2.24) is 15.0 Å². The van der Waals surface area contributed by atoms with Crippen LogP contribution in [-0.2, 0) is 11.3 Å². The van der Waals surface area contributed by atoms with Crippen LogP contribution in [-0.4, -0.2) is 28.0 Å². The number of aryl methyl sites for hydroxylation is 1. The number of anilines is 3. The quantitative estimate of drug-likeness (QED) is 0.622. The fraction of sp³-hybridized carbons (Fsp3) is 0.158. The van der Waals surface area contributed by atoms with E-state index in [-0.39, 0.29) is 0 Å². The van der Waals surface area contributed by atoms with Gasteiger partial charge in [-0.05, 0) is 36.8 Å². The van der Waals surface area contributed by atoms with Gasteiger partial charge in [0.2, 0.25) is 0 Å². The van der Waals surface area contributed by atoms with E-state index < -0.39 is 5.97 Å². The van der Waals surface area contributed by atoms with E-state index in [0.29, 0.717) is 40.3 Å². The third kappa shape index (κ3) is 4.92. The van der Waals surface area contributed by atoms with Gasteiger partial charge >= 0.3 is 5.97 Å². The predicted molar refractivity (Wildman–Crippen MR) is 104 cm³/mol. The first-order valence-electron chi connectivity index (χ1n) is 8.18. The number of ether oxygens (including phenoxy) is 1. The summed E-state index contributed by atoms with van der Waals surface area (Å²) in [7, 11) is 1.33. The highest BCUT2D eigenvalue weighted by Crippen LogP contribution is 2.27. The van der Waals surface area contributed by atoms with Crippen LogP contribution in [0.15, 0.2) is 48.8 Å². The molecule has 2 N–H and O–H groups in total. The van der Waals surface area contributed by atoms with Crippen LogP contribution in [0.3, 0.4) is 0 Å². The van der Waals surface area contributed by atoms with E-state index in [9.17, 15) is 4.79 Å². The molecule has 0 unspecified atom stereocenters. The van der Waals surface area contributed by atoms with Crippen LogP contribution < -0.4 is 10.6 Å². The average molecular weight is 384 g/mol. The summed E-state index contributed by atoms with van der Waals surface area (Å²) in [5, 5.41) is 6.83. The number of esters is 1. The van der Waals surface area contributed by atoms with Gasteiger partial charge in [-0.15, -0.1) is 0 Å². The number of pyridine rings is 1. The summed E-state index contributed by atoms with van der Waals surface area (Å²) < 4.78 is 4.74. The van der Waals surface area contributed by atoms with Crippen LogP contribution in [0.2, 0.25) is 5.02 Å². The minimum absolute atomic E-state index is 0.394.